The molecule has 7 heteroatoms. The molecule has 24 heavy (non-hydrogen) atoms. The minimum atomic E-state index is -3.99. The van der Waals surface area contributed by atoms with Crippen molar-refractivity contribution < 1.29 is 27.2 Å². The Balaban J connectivity index is 2.31. The second-order valence-corrected chi connectivity index (χ2v) is 6.48. The molecular formula is C17H16O6S. The van der Waals surface area contributed by atoms with Crippen LogP contribution in [-0.4, -0.2) is 26.6 Å². The highest BCUT2D eigenvalue weighted by atomic mass is 32.2. The Morgan fingerprint density at radius 3 is 2.33 bits per heavy atom. The van der Waals surface area contributed by atoms with Gasteiger partial charge in [-0.2, -0.15) is 8.42 Å². The number of hydrogen-bond donors (Lipinski definition) is 1. The fourth-order valence-corrected chi connectivity index (χ4v) is 2.84. The number of ether oxygens (including phenoxy) is 1. The molecule has 0 aliphatic heterocycles. The van der Waals surface area contributed by atoms with Crippen LogP contribution in [0.3, 0.4) is 0 Å². The normalized spacial score (nSPS) is 11.4. The molecule has 0 fully saturated rings. The molecule has 0 amide bonds. The molecule has 0 saturated heterocycles. The Bertz CT molecular complexity index is 866. The summed E-state index contributed by atoms with van der Waals surface area (Å²) in [5, 5.41) is 8.63. The monoisotopic (exact) mass is 348 g/mol. The summed E-state index contributed by atoms with van der Waals surface area (Å²) < 4.78 is 34.9. The largest absolute Gasteiger partial charge is 0.493 e. The standard InChI is InChI=1S/C17H16O6S/c1-12-3-7-14(8-4-12)24(20,21)23-15-9-5-13(6-10-17(18)19)11-16(15)22-2/h3-11H,1-2H3,(H,18,19)/b10-6+. The second-order valence-electron chi connectivity index (χ2n) is 4.93. The molecule has 0 aromatic heterocycles. The van der Waals surface area contributed by atoms with Crippen LogP contribution in [0.5, 0.6) is 11.5 Å². The van der Waals surface area contributed by atoms with Crippen molar-refractivity contribution >= 4 is 22.2 Å². The van der Waals surface area contributed by atoms with Crippen LogP contribution in [0.2, 0.25) is 0 Å². The summed E-state index contributed by atoms with van der Waals surface area (Å²) in [6.07, 6.45) is 2.33. The van der Waals surface area contributed by atoms with Gasteiger partial charge in [0.05, 0.1) is 7.11 Å². The Morgan fingerprint density at radius 2 is 1.75 bits per heavy atom. The fourth-order valence-electron chi connectivity index (χ4n) is 1.90. The summed E-state index contributed by atoms with van der Waals surface area (Å²) in [5.74, 6) is -0.889. The molecule has 126 valence electrons. The van der Waals surface area contributed by atoms with Gasteiger partial charge in [0.1, 0.15) is 4.90 Å². The molecule has 2 rings (SSSR count). The van der Waals surface area contributed by atoms with E-state index in [0.29, 0.717) is 5.56 Å². The smallest absolute Gasteiger partial charge is 0.339 e. The summed E-state index contributed by atoms with van der Waals surface area (Å²) in [6.45, 7) is 1.85. The van der Waals surface area contributed by atoms with E-state index in [1.807, 2.05) is 6.92 Å². The van der Waals surface area contributed by atoms with Gasteiger partial charge in [0.25, 0.3) is 0 Å². The summed E-state index contributed by atoms with van der Waals surface area (Å²) in [4.78, 5) is 10.6. The van der Waals surface area contributed by atoms with Crippen molar-refractivity contribution in [3.05, 3.63) is 59.7 Å². The van der Waals surface area contributed by atoms with Crippen LogP contribution in [-0.2, 0) is 14.9 Å². The maximum Gasteiger partial charge on any atom is 0.339 e. The molecule has 0 saturated carbocycles. The molecule has 0 aliphatic rings. The van der Waals surface area contributed by atoms with Gasteiger partial charge in [0.2, 0.25) is 0 Å². The van der Waals surface area contributed by atoms with E-state index < -0.39 is 16.1 Å². The molecule has 2 aromatic carbocycles. The van der Waals surface area contributed by atoms with Crippen LogP contribution < -0.4 is 8.92 Å². The first-order chi connectivity index (χ1) is 11.3. The van der Waals surface area contributed by atoms with Gasteiger partial charge >= 0.3 is 16.1 Å². The number of rotatable bonds is 6. The highest BCUT2D eigenvalue weighted by molar-refractivity contribution is 7.87. The van der Waals surface area contributed by atoms with Crippen molar-refractivity contribution in [1.82, 2.24) is 0 Å². The lowest BCUT2D eigenvalue weighted by Gasteiger charge is -2.11. The third-order valence-corrected chi connectivity index (χ3v) is 4.36. The quantitative estimate of drug-likeness (QED) is 0.638. The third kappa shape index (κ3) is 4.36. The highest BCUT2D eigenvalue weighted by Crippen LogP contribution is 2.31. The number of carboxylic acids is 1. The number of benzene rings is 2. The van der Waals surface area contributed by atoms with Gasteiger partial charge < -0.3 is 14.0 Å². The summed E-state index contributed by atoms with van der Waals surface area (Å²) >= 11 is 0. The van der Waals surface area contributed by atoms with E-state index >= 15 is 0 Å². The average molecular weight is 348 g/mol. The van der Waals surface area contributed by atoms with Gasteiger partial charge in [-0.15, -0.1) is 0 Å². The molecule has 6 nitrogen and oxygen atoms in total. The number of methoxy groups -OCH3 is 1. The molecule has 0 bridgehead atoms. The Morgan fingerprint density at radius 1 is 1.08 bits per heavy atom. The molecule has 2 aromatic rings. The lowest BCUT2D eigenvalue weighted by Crippen LogP contribution is -2.10. The second kappa shape index (κ2) is 7.18. The predicted molar refractivity (Wildman–Crippen MR) is 88.7 cm³/mol. The van der Waals surface area contributed by atoms with E-state index in [1.165, 1.54) is 43.5 Å². The first kappa shape index (κ1) is 17.6. The van der Waals surface area contributed by atoms with E-state index in [1.54, 1.807) is 12.1 Å². The highest BCUT2D eigenvalue weighted by Gasteiger charge is 2.19. The van der Waals surface area contributed by atoms with E-state index in [9.17, 15) is 13.2 Å². The number of hydrogen-bond acceptors (Lipinski definition) is 5. The van der Waals surface area contributed by atoms with Crippen LogP contribution >= 0.6 is 0 Å². The summed E-state index contributed by atoms with van der Waals surface area (Å²) in [6, 6.07) is 10.7. The van der Waals surface area contributed by atoms with Gasteiger partial charge in [-0.1, -0.05) is 23.8 Å². The summed E-state index contributed by atoms with van der Waals surface area (Å²) in [7, 11) is -2.63. The van der Waals surface area contributed by atoms with Crippen molar-refractivity contribution in [2.24, 2.45) is 0 Å². The molecule has 0 atom stereocenters. The van der Waals surface area contributed by atoms with Gasteiger partial charge in [-0.05, 0) is 42.8 Å². The molecule has 0 heterocycles. The van der Waals surface area contributed by atoms with E-state index in [0.717, 1.165) is 11.6 Å². The Kier molecular flexibility index (Phi) is 5.25. The van der Waals surface area contributed by atoms with E-state index in [-0.39, 0.29) is 16.4 Å². The van der Waals surface area contributed by atoms with Crippen LogP contribution in [0.4, 0.5) is 0 Å². The lowest BCUT2D eigenvalue weighted by atomic mass is 10.2. The van der Waals surface area contributed by atoms with Crippen molar-refractivity contribution in [2.75, 3.05) is 7.11 Å². The van der Waals surface area contributed by atoms with Crippen LogP contribution in [0.15, 0.2) is 53.4 Å². The van der Waals surface area contributed by atoms with E-state index in [2.05, 4.69) is 0 Å². The minimum Gasteiger partial charge on any atom is -0.493 e. The van der Waals surface area contributed by atoms with Gasteiger partial charge in [-0.25, -0.2) is 4.79 Å². The molecular weight excluding hydrogens is 332 g/mol. The zero-order valence-electron chi connectivity index (χ0n) is 13.1. The van der Waals surface area contributed by atoms with Crippen LogP contribution in [0.1, 0.15) is 11.1 Å². The number of carboxylic acid groups (broad SMARTS) is 1. The molecule has 0 aliphatic carbocycles. The fraction of sp³-hybridized carbons (Fsp3) is 0.118. The van der Waals surface area contributed by atoms with Crippen molar-refractivity contribution in [3.8, 4) is 11.5 Å². The molecule has 0 spiro atoms. The predicted octanol–water partition coefficient (Wildman–Crippen LogP) is 2.87. The van der Waals surface area contributed by atoms with Crippen LogP contribution in [0.25, 0.3) is 6.08 Å². The van der Waals surface area contributed by atoms with Crippen LogP contribution in [0, 0.1) is 6.92 Å². The van der Waals surface area contributed by atoms with Gasteiger partial charge in [0.15, 0.2) is 11.5 Å². The maximum atomic E-state index is 12.3. The molecule has 0 unspecified atom stereocenters. The Hall–Kier alpha value is -2.80. The Labute approximate surface area is 140 Å². The SMILES string of the molecule is COc1cc(/C=C/C(=O)O)ccc1OS(=O)(=O)c1ccc(C)cc1. The summed E-state index contributed by atoms with van der Waals surface area (Å²) in [5.41, 5.74) is 1.47. The number of aliphatic carboxylic acids is 1. The minimum absolute atomic E-state index is 0.0190. The molecule has 1 N–H and O–H groups in total. The topological polar surface area (TPSA) is 89.9 Å². The van der Waals surface area contributed by atoms with Crippen molar-refractivity contribution in [2.45, 2.75) is 11.8 Å². The zero-order chi connectivity index (χ0) is 17.7. The van der Waals surface area contributed by atoms with Gasteiger partial charge in [-0.3, -0.25) is 0 Å². The van der Waals surface area contributed by atoms with Gasteiger partial charge in [0, 0.05) is 6.08 Å². The first-order valence-electron chi connectivity index (χ1n) is 6.92. The van der Waals surface area contributed by atoms with Crippen molar-refractivity contribution in [1.29, 1.82) is 0 Å². The number of aryl methyl sites for hydroxylation is 1. The average Bonchev–Trinajstić information content (AvgIpc) is 2.54. The lowest BCUT2D eigenvalue weighted by molar-refractivity contribution is -0.131. The molecule has 0 radical (unpaired) electrons. The van der Waals surface area contributed by atoms with Crippen molar-refractivity contribution in [3.63, 3.8) is 0 Å². The number of carbonyl (C=O) groups is 1. The first-order valence-corrected chi connectivity index (χ1v) is 8.33. The maximum absolute atomic E-state index is 12.3. The zero-order valence-corrected chi connectivity index (χ0v) is 13.9. The van der Waals surface area contributed by atoms with E-state index in [4.69, 9.17) is 14.0 Å². The third-order valence-electron chi connectivity index (χ3n) is 3.12.